The van der Waals surface area contributed by atoms with Crippen LogP contribution < -0.4 is 5.11 Å². The summed E-state index contributed by atoms with van der Waals surface area (Å²) in [6.07, 6.45) is 3.23. The van der Waals surface area contributed by atoms with Crippen LogP contribution in [0.3, 0.4) is 0 Å². The molecule has 0 saturated carbocycles. The number of ketones is 1. The maximum Gasteiger partial charge on any atom is 4.00 e. The minimum Gasteiger partial charge on any atom is -0.550 e. The molecule has 0 amide bonds. The maximum absolute atomic E-state index is 10.4. The van der Waals surface area contributed by atoms with Crippen LogP contribution in [0.15, 0.2) is 0 Å². The second-order valence-corrected chi connectivity index (χ2v) is 4.01. The third-order valence-corrected chi connectivity index (χ3v) is 1.54. The number of carbonyl (C=O) groups excluding carboxylic acids is 2. The quantitative estimate of drug-likeness (QED) is 0.423. The summed E-state index contributed by atoms with van der Waals surface area (Å²) in [5, 5.41) is 33.4. The first-order chi connectivity index (χ1) is 9.91. The maximum atomic E-state index is 10.4. The molecule has 6 nitrogen and oxygen atoms in total. The van der Waals surface area contributed by atoms with Crippen LogP contribution in [-0.2, 0) is 53.0 Å². The van der Waals surface area contributed by atoms with Gasteiger partial charge in [0.2, 0.25) is 0 Å². The van der Waals surface area contributed by atoms with Crippen LogP contribution >= 0.6 is 0 Å². The van der Waals surface area contributed by atoms with E-state index in [2.05, 4.69) is 0 Å². The zero-order chi connectivity index (χ0) is 17.5. The van der Waals surface area contributed by atoms with Crippen molar-refractivity contribution in [1.82, 2.24) is 0 Å². The Hall–Kier alpha value is 0.449. The molecule has 23 heavy (non-hydrogen) atoms. The topological polar surface area (TPSA) is 118 Å². The molecule has 0 saturated heterocycles. The number of hydrogen-bond acceptors (Lipinski definition) is 6. The number of carboxylic acid groups (broad SMARTS) is 1. The molecule has 0 spiro atoms. The number of Topliss-reactive ketones (excluding diaryl/α,β-unsaturated/α-hetero) is 1. The van der Waals surface area contributed by atoms with Crippen LogP contribution in [-0.4, -0.2) is 46.9 Å². The summed E-state index contributed by atoms with van der Waals surface area (Å²) in [6.45, 7) is 8.58. The third-order valence-electron chi connectivity index (χ3n) is 1.54. The van der Waals surface area contributed by atoms with E-state index in [1.165, 1.54) is 0 Å². The molecule has 0 aliphatic heterocycles. The first-order valence-corrected chi connectivity index (χ1v) is 7.45. The zero-order valence-corrected chi connectivity index (χ0v) is 18.1. The Balaban J connectivity index is -0.0000000444. The number of aliphatic carboxylic acids is 1. The number of carbonyl (C=O) groups is 2. The Bertz CT molecular complexity index is 189. The van der Waals surface area contributed by atoms with E-state index in [4.69, 9.17) is 15.3 Å². The summed E-state index contributed by atoms with van der Waals surface area (Å²) in [4.78, 5) is 20.2. The van der Waals surface area contributed by atoms with E-state index in [0.717, 1.165) is 19.3 Å². The van der Waals surface area contributed by atoms with Gasteiger partial charge in [0.05, 0.1) is 0 Å². The van der Waals surface area contributed by atoms with Gasteiger partial charge >= 0.3 is 21.7 Å². The Morgan fingerprint density at radius 2 is 1.04 bits per heavy atom. The van der Waals surface area contributed by atoms with Gasteiger partial charge < -0.3 is 25.2 Å². The monoisotopic (exact) mass is 405 g/mol. The molecule has 0 rings (SSSR count). The van der Waals surface area contributed by atoms with Gasteiger partial charge in [0, 0.05) is 60.3 Å². The second kappa shape index (κ2) is 43.3. The van der Waals surface area contributed by atoms with Gasteiger partial charge in [-0.05, 0) is 25.7 Å². The number of rotatable bonds is 7. The van der Waals surface area contributed by atoms with Gasteiger partial charge in [0.25, 0.3) is 0 Å². The average molecular weight is 405 g/mol. The van der Waals surface area contributed by atoms with Gasteiger partial charge in [0.1, 0.15) is 5.78 Å². The van der Waals surface area contributed by atoms with Crippen molar-refractivity contribution in [3.63, 3.8) is 0 Å². The van der Waals surface area contributed by atoms with Gasteiger partial charge in [-0.3, -0.25) is 4.79 Å². The van der Waals surface area contributed by atoms with Gasteiger partial charge in [0.15, 0.2) is 0 Å². The van der Waals surface area contributed by atoms with Gasteiger partial charge in [-0.25, -0.2) is 0 Å². The fraction of sp³-hybridized carbons (Fsp3) is 0.867. The minimum atomic E-state index is -1.28. The van der Waals surface area contributed by atoms with Crippen molar-refractivity contribution >= 4 is 11.8 Å². The van der Waals surface area contributed by atoms with E-state index in [0.29, 0.717) is 32.7 Å². The van der Waals surface area contributed by atoms with Crippen LogP contribution in [0.25, 0.3) is 0 Å². The standard InChI is InChI=1S/C6H10O3.3C3H8O.2Ti/c1-2-3-5(7)4-6(8)9;3*1-2-3-4;;/h2-4H2,1H3,(H,8,9);3*4H,2-3H2,1H3;;/q;;;;;+4/p-1. The predicted octanol–water partition coefficient (Wildman–Crippen LogP) is 0.657. The normalized spacial score (nSPS) is 7.43. The van der Waals surface area contributed by atoms with Gasteiger partial charge in [-0.15, -0.1) is 0 Å². The summed E-state index contributed by atoms with van der Waals surface area (Å²) >= 11 is 0. The van der Waals surface area contributed by atoms with Crippen molar-refractivity contribution in [2.24, 2.45) is 0 Å². The molecule has 0 fully saturated rings. The van der Waals surface area contributed by atoms with E-state index >= 15 is 0 Å². The second-order valence-electron chi connectivity index (χ2n) is 4.01. The van der Waals surface area contributed by atoms with E-state index in [1.54, 1.807) is 0 Å². The molecule has 0 radical (unpaired) electrons. The smallest absolute Gasteiger partial charge is 0.550 e. The molecule has 0 unspecified atom stereocenters. The molecule has 0 heterocycles. The summed E-state index contributed by atoms with van der Waals surface area (Å²) in [5.74, 6) is -1.54. The molecule has 0 aromatic heterocycles. The molecule has 0 bridgehead atoms. The Morgan fingerprint density at radius 1 is 0.783 bits per heavy atom. The SMILES string of the molecule is CCCC(=O)CC(=O)[O-].CCCO.CCCO.CCCO.[Ti+4].[Ti]. The molecule has 8 heteroatoms. The van der Waals surface area contributed by atoms with Crippen LogP contribution in [0, 0.1) is 0 Å². The Kier molecular flexibility index (Phi) is 73.0. The van der Waals surface area contributed by atoms with Crippen LogP contribution in [0.4, 0.5) is 0 Å². The largest absolute Gasteiger partial charge is 4.00 e. The van der Waals surface area contributed by atoms with Gasteiger partial charge in [-0.1, -0.05) is 27.7 Å². The van der Waals surface area contributed by atoms with E-state index in [-0.39, 0.29) is 49.2 Å². The van der Waals surface area contributed by atoms with Crippen LogP contribution in [0.2, 0.25) is 0 Å². The minimum absolute atomic E-state index is 0. The van der Waals surface area contributed by atoms with Crippen molar-refractivity contribution in [2.45, 2.75) is 66.2 Å². The molecule has 0 aliphatic carbocycles. The van der Waals surface area contributed by atoms with E-state index < -0.39 is 12.4 Å². The summed E-state index contributed by atoms with van der Waals surface area (Å²) in [6, 6.07) is 0. The first kappa shape index (κ1) is 38.8. The Labute approximate surface area is 170 Å². The third kappa shape index (κ3) is 86.0. The molecular weight excluding hydrogens is 372 g/mol. The van der Waals surface area contributed by atoms with Crippen LogP contribution in [0.1, 0.15) is 66.2 Å². The number of hydrogen-bond donors (Lipinski definition) is 3. The number of aliphatic hydroxyl groups is 3. The molecular formula is C15H33O6Ti2+3. The summed E-state index contributed by atoms with van der Waals surface area (Å²) < 4.78 is 0. The van der Waals surface area contributed by atoms with Gasteiger partial charge in [-0.2, -0.15) is 0 Å². The first-order valence-electron chi connectivity index (χ1n) is 7.45. The molecule has 134 valence electrons. The summed E-state index contributed by atoms with van der Waals surface area (Å²) in [5.41, 5.74) is 0. The average Bonchev–Trinajstić information content (AvgIpc) is 2.47. The number of aliphatic hydroxyl groups excluding tert-OH is 3. The number of carboxylic acids is 1. The van der Waals surface area contributed by atoms with Crippen molar-refractivity contribution in [3.05, 3.63) is 0 Å². The fourth-order valence-corrected chi connectivity index (χ4v) is 0.528. The fourth-order valence-electron chi connectivity index (χ4n) is 0.528. The molecule has 0 atom stereocenters. The van der Waals surface area contributed by atoms with Crippen molar-refractivity contribution in [1.29, 1.82) is 0 Å². The van der Waals surface area contributed by atoms with Crippen molar-refractivity contribution in [3.8, 4) is 0 Å². The molecule has 0 aliphatic rings. The Morgan fingerprint density at radius 3 is 1.17 bits per heavy atom. The molecule has 0 aromatic carbocycles. The van der Waals surface area contributed by atoms with Crippen LogP contribution in [0.5, 0.6) is 0 Å². The van der Waals surface area contributed by atoms with E-state index in [1.807, 2.05) is 27.7 Å². The predicted molar refractivity (Wildman–Crippen MR) is 81.7 cm³/mol. The molecule has 3 N–H and O–H groups in total. The van der Waals surface area contributed by atoms with E-state index in [9.17, 15) is 14.7 Å². The van der Waals surface area contributed by atoms with Crippen molar-refractivity contribution in [2.75, 3.05) is 19.8 Å². The summed E-state index contributed by atoms with van der Waals surface area (Å²) in [7, 11) is 0. The van der Waals surface area contributed by atoms with Crippen molar-refractivity contribution < 1.29 is 73.5 Å². The zero-order valence-electron chi connectivity index (χ0n) is 14.9. The molecule has 0 aromatic rings.